The lowest BCUT2D eigenvalue weighted by Crippen LogP contribution is -1.85. The lowest BCUT2D eigenvalue weighted by Gasteiger charge is -1.94. The Morgan fingerprint density at radius 3 is 2.08 bits per heavy atom. The maximum atomic E-state index is 8.81. The van der Waals surface area contributed by atoms with Gasteiger partial charge in [0, 0.05) is 0 Å². The third-order valence-electron chi connectivity index (χ3n) is 1.51. The molecule has 2 N–H and O–H groups in total. The molecule has 0 aliphatic heterocycles. The van der Waals surface area contributed by atoms with E-state index in [-0.39, 0.29) is 0 Å². The molecule has 3 nitrogen and oxygen atoms in total. The van der Waals surface area contributed by atoms with Gasteiger partial charge in [0.15, 0.2) is 10.9 Å². The molecule has 0 unspecified atom stereocenters. The first-order valence-corrected chi connectivity index (χ1v) is 5.89. The summed E-state index contributed by atoms with van der Waals surface area (Å²) >= 11 is 0. The van der Waals surface area contributed by atoms with Crippen molar-refractivity contribution in [2.45, 2.75) is 45.4 Å². The van der Waals surface area contributed by atoms with E-state index in [9.17, 15) is 0 Å². The van der Waals surface area contributed by atoms with Crippen molar-refractivity contribution in [2.24, 2.45) is 5.14 Å². The second-order valence-electron chi connectivity index (χ2n) is 2.78. The predicted octanol–water partition coefficient (Wildman–Crippen LogP) is 2.00. The molecule has 0 fully saturated rings. The van der Waals surface area contributed by atoms with Crippen LogP contribution in [0.2, 0.25) is 0 Å². The van der Waals surface area contributed by atoms with E-state index in [0.717, 1.165) is 0 Å². The van der Waals surface area contributed by atoms with E-state index in [4.69, 9.17) is 8.42 Å². The molecule has 13 heavy (non-hydrogen) atoms. The van der Waals surface area contributed by atoms with E-state index in [1.165, 1.54) is 38.5 Å². The van der Waals surface area contributed by atoms with Crippen LogP contribution in [-0.4, -0.2) is 8.42 Å². The zero-order valence-corrected chi connectivity index (χ0v) is 9.26. The van der Waals surface area contributed by atoms with E-state index < -0.39 is 10.9 Å². The minimum atomic E-state index is -2.62. The van der Waals surface area contributed by atoms with Crippen LogP contribution >= 0.6 is 0 Å². The van der Waals surface area contributed by atoms with Crippen LogP contribution in [0.3, 0.4) is 0 Å². The Morgan fingerprint density at radius 2 is 1.69 bits per heavy atom. The summed E-state index contributed by atoms with van der Waals surface area (Å²) in [5.41, 5.74) is 0. The second kappa shape index (κ2) is 14.2. The highest BCUT2D eigenvalue weighted by atomic mass is 32.2. The molecule has 0 saturated carbocycles. The molecule has 80 valence electrons. The lowest BCUT2D eigenvalue weighted by atomic mass is 10.1. The van der Waals surface area contributed by atoms with Crippen molar-refractivity contribution in [2.75, 3.05) is 0 Å². The Kier molecular flexibility index (Phi) is 16.5. The highest BCUT2D eigenvalue weighted by Crippen LogP contribution is 2.04. The lowest BCUT2D eigenvalue weighted by molar-refractivity contribution is 0.616. The van der Waals surface area contributed by atoms with Crippen molar-refractivity contribution in [3.8, 4) is 0 Å². The van der Waals surface area contributed by atoms with Gasteiger partial charge in [-0.3, -0.25) is 0 Å². The van der Waals surface area contributed by atoms with Gasteiger partial charge in [-0.2, -0.15) is 0 Å². The summed E-state index contributed by atoms with van der Waals surface area (Å²) in [6.45, 7) is 5.92. The quantitative estimate of drug-likeness (QED) is 0.397. The molecule has 0 spiro atoms. The maximum Gasteiger partial charge on any atom is 0.198 e. The van der Waals surface area contributed by atoms with Crippen LogP contribution in [0.1, 0.15) is 45.4 Å². The van der Waals surface area contributed by atoms with Crippen molar-refractivity contribution in [1.82, 2.24) is 0 Å². The number of hydrogen-bond donors (Lipinski definition) is 2. The Hall–Kier alpha value is -0.350. The molecule has 0 aliphatic rings. The van der Waals surface area contributed by atoms with Gasteiger partial charge < -0.3 is 0 Å². The zero-order valence-electron chi connectivity index (χ0n) is 8.37. The SMILES string of the molecule is C=CCCCCCCC.N[SH](=O)=O. The van der Waals surface area contributed by atoms with Gasteiger partial charge in [-0.15, -0.1) is 6.58 Å². The standard InChI is InChI=1S/C9H18.H3NO2S/c1-3-5-7-9-8-6-4-2;1-4(2)3/h3H,1,4-9H2,2H3;4H,(H2,1,2,3). The monoisotopic (exact) mass is 207 g/mol. The van der Waals surface area contributed by atoms with Crippen LogP contribution in [0.4, 0.5) is 0 Å². The van der Waals surface area contributed by atoms with Crippen molar-refractivity contribution < 1.29 is 8.42 Å². The fourth-order valence-electron chi connectivity index (χ4n) is 0.892. The number of hydrogen-bond acceptors (Lipinski definition) is 2. The summed E-state index contributed by atoms with van der Waals surface area (Å²) in [5.74, 6) is 0. The summed E-state index contributed by atoms with van der Waals surface area (Å²) in [6.07, 6.45) is 10.1. The van der Waals surface area contributed by atoms with Crippen LogP contribution in [0, 0.1) is 0 Å². The first-order chi connectivity index (χ1) is 6.15. The van der Waals surface area contributed by atoms with Gasteiger partial charge in [-0.1, -0.05) is 38.7 Å². The topological polar surface area (TPSA) is 60.2 Å². The van der Waals surface area contributed by atoms with Gasteiger partial charge >= 0.3 is 0 Å². The van der Waals surface area contributed by atoms with E-state index in [0.29, 0.717) is 0 Å². The molecular weight excluding hydrogens is 186 g/mol. The molecule has 0 heterocycles. The van der Waals surface area contributed by atoms with Crippen LogP contribution in [0.15, 0.2) is 12.7 Å². The molecule has 0 aromatic heterocycles. The molecule has 0 aliphatic carbocycles. The maximum absolute atomic E-state index is 8.81. The van der Waals surface area contributed by atoms with E-state index in [1.807, 2.05) is 6.08 Å². The summed E-state index contributed by atoms with van der Waals surface area (Å²) in [5, 5.41) is 4.06. The van der Waals surface area contributed by atoms with E-state index in [2.05, 4.69) is 18.6 Å². The van der Waals surface area contributed by atoms with Crippen molar-refractivity contribution in [3.63, 3.8) is 0 Å². The molecule has 0 radical (unpaired) electrons. The minimum absolute atomic E-state index is 1.20. The number of unbranched alkanes of at least 4 members (excludes halogenated alkanes) is 5. The first kappa shape index (κ1) is 15.1. The fraction of sp³-hybridized carbons (Fsp3) is 0.778. The van der Waals surface area contributed by atoms with Gasteiger partial charge in [-0.05, 0) is 12.8 Å². The largest absolute Gasteiger partial charge is 0.231 e. The molecule has 0 bridgehead atoms. The molecule has 0 rings (SSSR count). The fourth-order valence-corrected chi connectivity index (χ4v) is 0.892. The van der Waals surface area contributed by atoms with Gasteiger partial charge in [-0.25, -0.2) is 13.6 Å². The first-order valence-electron chi connectivity index (χ1n) is 4.65. The summed E-state index contributed by atoms with van der Waals surface area (Å²) in [7, 11) is -2.62. The Bertz CT molecular complexity index is 159. The number of thiol groups is 1. The van der Waals surface area contributed by atoms with Crippen LogP contribution in [0.25, 0.3) is 0 Å². The predicted molar refractivity (Wildman–Crippen MR) is 58.1 cm³/mol. The molecule has 4 heteroatoms. The third-order valence-corrected chi connectivity index (χ3v) is 1.51. The highest BCUT2D eigenvalue weighted by Gasteiger charge is 1.84. The zero-order chi connectivity index (χ0) is 10.5. The van der Waals surface area contributed by atoms with Gasteiger partial charge in [0.25, 0.3) is 0 Å². The number of allylic oxidation sites excluding steroid dienone is 1. The minimum Gasteiger partial charge on any atom is -0.231 e. The van der Waals surface area contributed by atoms with Crippen LogP contribution in [-0.2, 0) is 10.9 Å². The van der Waals surface area contributed by atoms with Crippen molar-refractivity contribution in [3.05, 3.63) is 12.7 Å². The number of rotatable bonds is 6. The Labute approximate surface area is 83.1 Å². The van der Waals surface area contributed by atoms with Gasteiger partial charge in [0.1, 0.15) is 0 Å². The van der Waals surface area contributed by atoms with Crippen molar-refractivity contribution in [1.29, 1.82) is 0 Å². The molecule has 0 atom stereocenters. The highest BCUT2D eigenvalue weighted by molar-refractivity contribution is 7.69. The molecule has 0 aromatic carbocycles. The molecule has 0 saturated heterocycles. The Morgan fingerprint density at radius 1 is 1.23 bits per heavy atom. The smallest absolute Gasteiger partial charge is 0.198 e. The summed E-state index contributed by atoms with van der Waals surface area (Å²) in [6, 6.07) is 0. The van der Waals surface area contributed by atoms with E-state index >= 15 is 0 Å². The van der Waals surface area contributed by atoms with Gasteiger partial charge in [0.2, 0.25) is 0 Å². The average molecular weight is 207 g/mol. The Balaban J connectivity index is 0. The summed E-state index contributed by atoms with van der Waals surface area (Å²) in [4.78, 5) is 0. The third kappa shape index (κ3) is 34.0. The molecular formula is C9H21NO2S. The van der Waals surface area contributed by atoms with Crippen LogP contribution in [0.5, 0.6) is 0 Å². The van der Waals surface area contributed by atoms with Crippen molar-refractivity contribution >= 4 is 10.9 Å². The normalized spacial score (nSPS) is 9.15. The molecule has 0 aromatic rings. The second-order valence-corrected chi connectivity index (χ2v) is 3.35. The van der Waals surface area contributed by atoms with Crippen LogP contribution < -0.4 is 5.14 Å². The summed E-state index contributed by atoms with van der Waals surface area (Å²) < 4.78 is 17.6. The number of nitrogens with two attached hydrogens (primary N) is 1. The van der Waals surface area contributed by atoms with E-state index in [1.54, 1.807) is 0 Å². The molecule has 0 amide bonds. The van der Waals surface area contributed by atoms with Gasteiger partial charge in [0.05, 0.1) is 0 Å². The average Bonchev–Trinajstić information content (AvgIpc) is 2.03.